The lowest BCUT2D eigenvalue weighted by atomic mass is 9.86. The molecule has 4 heteroatoms. The van der Waals surface area contributed by atoms with E-state index in [1.54, 1.807) is 20.3 Å². The van der Waals surface area contributed by atoms with Crippen LogP contribution in [0.5, 0.6) is 11.5 Å². The lowest BCUT2D eigenvalue weighted by Crippen LogP contribution is -2.23. The van der Waals surface area contributed by atoms with Gasteiger partial charge in [0.15, 0.2) is 17.3 Å². The van der Waals surface area contributed by atoms with Gasteiger partial charge in [-0.25, -0.2) is 0 Å². The van der Waals surface area contributed by atoms with Crippen molar-refractivity contribution in [3.63, 3.8) is 0 Å². The normalized spacial score (nSPS) is 15.1. The quantitative estimate of drug-likeness (QED) is 0.646. The van der Waals surface area contributed by atoms with E-state index in [1.807, 2.05) is 36.4 Å². The smallest absolute Gasteiger partial charge is 0.187 e. The number of hydrogen-bond acceptors (Lipinski definition) is 4. The maximum atomic E-state index is 12.8. The van der Waals surface area contributed by atoms with Gasteiger partial charge in [0.25, 0.3) is 0 Å². The molecule has 0 fully saturated rings. The van der Waals surface area contributed by atoms with Crippen molar-refractivity contribution in [3.05, 3.63) is 64.7 Å². The molecule has 0 aromatic heterocycles. The molecule has 3 rings (SSSR count). The number of rotatable bonds is 4. The summed E-state index contributed by atoms with van der Waals surface area (Å²) in [6, 6.07) is 11.8. The Balaban J connectivity index is 1.93. The summed E-state index contributed by atoms with van der Waals surface area (Å²) < 4.78 is 10.8. The third kappa shape index (κ3) is 4.00. The monoisotopic (exact) mass is 365 g/mol. The standard InChI is InChI=1S/C23H27NO3/c1-23(2,3)17-8-6-15(7-9-17)20(25)14-19-18-13-22(27-5)21(26-4)12-16(18)10-11-24-19/h6-9,12-14,24H,10-11H2,1-5H3. The molecule has 4 nitrogen and oxygen atoms in total. The first-order valence-electron chi connectivity index (χ1n) is 9.19. The van der Waals surface area contributed by atoms with E-state index in [-0.39, 0.29) is 11.2 Å². The van der Waals surface area contributed by atoms with E-state index in [2.05, 4.69) is 26.1 Å². The molecule has 0 saturated heterocycles. The molecule has 0 atom stereocenters. The Bertz CT molecular complexity index is 874. The van der Waals surface area contributed by atoms with E-state index in [0.29, 0.717) is 17.1 Å². The van der Waals surface area contributed by atoms with E-state index in [4.69, 9.17) is 9.47 Å². The molecule has 0 radical (unpaired) electrons. The first-order chi connectivity index (χ1) is 12.8. The molecule has 0 spiro atoms. The first-order valence-corrected chi connectivity index (χ1v) is 9.19. The molecule has 1 aliphatic rings. The molecule has 142 valence electrons. The number of carbonyl (C=O) groups is 1. The molecule has 2 aromatic rings. The number of fused-ring (bicyclic) bond motifs is 1. The summed E-state index contributed by atoms with van der Waals surface area (Å²) in [5, 5.41) is 3.34. The van der Waals surface area contributed by atoms with Crippen molar-refractivity contribution >= 4 is 11.5 Å². The highest BCUT2D eigenvalue weighted by Crippen LogP contribution is 2.35. The summed E-state index contributed by atoms with van der Waals surface area (Å²) in [6.45, 7) is 7.27. The minimum absolute atomic E-state index is 0.0133. The van der Waals surface area contributed by atoms with E-state index < -0.39 is 0 Å². The number of nitrogens with one attached hydrogen (secondary N) is 1. The van der Waals surface area contributed by atoms with Crippen LogP contribution in [-0.4, -0.2) is 26.5 Å². The Morgan fingerprint density at radius 2 is 1.67 bits per heavy atom. The van der Waals surface area contributed by atoms with Crippen molar-refractivity contribution < 1.29 is 14.3 Å². The van der Waals surface area contributed by atoms with Crippen LogP contribution in [0.3, 0.4) is 0 Å². The van der Waals surface area contributed by atoms with Crippen LogP contribution in [0.1, 0.15) is 47.8 Å². The van der Waals surface area contributed by atoms with Gasteiger partial charge in [0.05, 0.1) is 14.2 Å². The number of methoxy groups -OCH3 is 2. The van der Waals surface area contributed by atoms with Crippen molar-refractivity contribution in [3.8, 4) is 11.5 Å². The summed E-state index contributed by atoms with van der Waals surface area (Å²) in [4.78, 5) is 12.8. The number of ether oxygens (including phenoxy) is 2. The molecular weight excluding hydrogens is 338 g/mol. The van der Waals surface area contributed by atoms with Crippen LogP contribution < -0.4 is 14.8 Å². The van der Waals surface area contributed by atoms with Crippen molar-refractivity contribution in [2.45, 2.75) is 32.6 Å². The molecular formula is C23H27NO3. The average Bonchev–Trinajstić information content (AvgIpc) is 2.66. The van der Waals surface area contributed by atoms with Gasteiger partial charge in [-0.15, -0.1) is 0 Å². The third-order valence-electron chi connectivity index (χ3n) is 4.92. The summed E-state index contributed by atoms with van der Waals surface area (Å²) in [7, 11) is 3.25. The second-order valence-corrected chi connectivity index (χ2v) is 7.79. The highest BCUT2D eigenvalue weighted by atomic mass is 16.5. The Kier molecular flexibility index (Phi) is 5.26. The van der Waals surface area contributed by atoms with Crippen molar-refractivity contribution in [2.24, 2.45) is 0 Å². The Hall–Kier alpha value is -2.75. The van der Waals surface area contributed by atoms with Gasteiger partial charge in [-0.3, -0.25) is 4.79 Å². The third-order valence-corrected chi connectivity index (χ3v) is 4.92. The van der Waals surface area contributed by atoms with Gasteiger partial charge < -0.3 is 14.8 Å². The van der Waals surface area contributed by atoms with E-state index >= 15 is 0 Å². The van der Waals surface area contributed by atoms with E-state index in [1.165, 1.54) is 5.56 Å². The summed E-state index contributed by atoms with van der Waals surface area (Å²) >= 11 is 0. The fraction of sp³-hybridized carbons (Fsp3) is 0.348. The predicted molar refractivity (Wildman–Crippen MR) is 109 cm³/mol. The molecule has 0 amide bonds. The van der Waals surface area contributed by atoms with E-state index in [0.717, 1.165) is 29.8 Å². The van der Waals surface area contributed by atoms with Crippen LogP contribution in [0.2, 0.25) is 0 Å². The molecule has 0 saturated carbocycles. The maximum Gasteiger partial charge on any atom is 0.187 e. The van der Waals surface area contributed by atoms with Crippen molar-refractivity contribution in [2.75, 3.05) is 20.8 Å². The lowest BCUT2D eigenvalue weighted by Gasteiger charge is -2.23. The van der Waals surface area contributed by atoms with Crippen LogP contribution in [0.4, 0.5) is 0 Å². The largest absolute Gasteiger partial charge is 0.493 e. The zero-order valence-electron chi connectivity index (χ0n) is 16.7. The van der Waals surface area contributed by atoms with Crippen LogP contribution in [-0.2, 0) is 11.8 Å². The Morgan fingerprint density at radius 3 is 2.26 bits per heavy atom. The number of hydrogen-bond donors (Lipinski definition) is 1. The maximum absolute atomic E-state index is 12.8. The second-order valence-electron chi connectivity index (χ2n) is 7.79. The zero-order valence-corrected chi connectivity index (χ0v) is 16.7. The molecule has 0 bridgehead atoms. The van der Waals surface area contributed by atoms with Gasteiger partial charge >= 0.3 is 0 Å². The number of benzene rings is 2. The van der Waals surface area contributed by atoms with Gasteiger partial charge in [0, 0.05) is 29.4 Å². The number of carbonyl (C=O) groups excluding carboxylic acids is 1. The predicted octanol–water partition coefficient (Wildman–Crippen LogP) is 4.37. The minimum Gasteiger partial charge on any atom is -0.493 e. The van der Waals surface area contributed by atoms with E-state index in [9.17, 15) is 4.79 Å². The van der Waals surface area contributed by atoms with Gasteiger partial charge in [0.1, 0.15) is 0 Å². The minimum atomic E-state index is -0.0133. The van der Waals surface area contributed by atoms with Crippen LogP contribution >= 0.6 is 0 Å². The van der Waals surface area contributed by atoms with Crippen LogP contribution in [0.15, 0.2) is 42.5 Å². The molecule has 27 heavy (non-hydrogen) atoms. The molecule has 2 aromatic carbocycles. The number of allylic oxidation sites excluding steroid dienone is 1. The first kappa shape index (κ1) is 19.0. The zero-order chi connectivity index (χ0) is 19.6. The molecule has 1 N–H and O–H groups in total. The highest BCUT2D eigenvalue weighted by Gasteiger charge is 2.19. The Morgan fingerprint density at radius 1 is 1.04 bits per heavy atom. The van der Waals surface area contributed by atoms with Gasteiger partial charge in [-0.05, 0) is 35.1 Å². The summed E-state index contributed by atoms with van der Waals surface area (Å²) in [6.07, 6.45) is 2.55. The average molecular weight is 365 g/mol. The number of ketones is 1. The topological polar surface area (TPSA) is 47.6 Å². The van der Waals surface area contributed by atoms with Crippen LogP contribution in [0, 0.1) is 0 Å². The lowest BCUT2D eigenvalue weighted by molar-refractivity contribution is 0.104. The van der Waals surface area contributed by atoms with Gasteiger partial charge in [0.2, 0.25) is 0 Å². The van der Waals surface area contributed by atoms with Gasteiger partial charge in [-0.2, -0.15) is 0 Å². The SMILES string of the molecule is COc1cc2c(cc1OC)C(=CC(=O)c1ccc(C(C)(C)C)cc1)NCC2. The van der Waals surface area contributed by atoms with Crippen molar-refractivity contribution in [1.82, 2.24) is 5.32 Å². The van der Waals surface area contributed by atoms with Crippen LogP contribution in [0.25, 0.3) is 5.70 Å². The Labute approximate surface area is 161 Å². The second kappa shape index (κ2) is 7.47. The molecule has 1 aliphatic heterocycles. The molecule has 1 heterocycles. The molecule has 0 unspecified atom stereocenters. The summed E-state index contributed by atoms with van der Waals surface area (Å²) in [5.41, 5.74) is 4.92. The fourth-order valence-electron chi connectivity index (χ4n) is 3.28. The van der Waals surface area contributed by atoms with Crippen molar-refractivity contribution in [1.29, 1.82) is 0 Å². The summed E-state index contributed by atoms with van der Waals surface area (Å²) in [5.74, 6) is 1.36. The molecule has 0 aliphatic carbocycles. The van der Waals surface area contributed by atoms with Gasteiger partial charge in [-0.1, -0.05) is 45.0 Å². The highest BCUT2D eigenvalue weighted by molar-refractivity contribution is 6.08. The fourth-order valence-corrected chi connectivity index (χ4v) is 3.28.